The smallest absolute Gasteiger partial charge is 0.342 e. The summed E-state index contributed by atoms with van der Waals surface area (Å²) in [4.78, 5) is 35.8. The number of hydrogen-bond acceptors (Lipinski definition) is 12. The number of rotatable bonds is 20. The molecule has 396 valence electrons. The number of phenolic OH excluding ortho intramolecular Hbond substituents is 1. The molecular weight excluding hydrogens is 923 g/mol. The summed E-state index contributed by atoms with van der Waals surface area (Å²) >= 11 is 0. The van der Waals surface area contributed by atoms with Gasteiger partial charge in [-0.05, 0) is 116 Å². The molecule has 3 aromatic rings. The van der Waals surface area contributed by atoms with Crippen molar-refractivity contribution in [2.75, 3.05) is 26.3 Å². The van der Waals surface area contributed by atoms with Crippen LogP contribution in [0.15, 0.2) is 77.8 Å². The molecule has 13 heteroatoms. The molecular formula is C59H87N3O9Si. The number of aliphatic imine (C=N–C) groups is 1. The molecule has 0 aromatic heterocycles. The minimum atomic E-state index is -2.74. The quantitative estimate of drug-likeness (QED) is 0.0634. The second-order valence-corrected chi connectivity index (χ2v) is 27.3. The molecule has 0 unspecified atom stereocenters. The van der Waals surface area contributed by atoms with E-state index in [9.17, 15) is 24.9 Å². The van der Waals surface area contributed by atoms with Gasteiger partial charge in [-0.2, -0.15) is 0 Å². The Morgan fingerprint density at radius 2 is 1.58 bits per heavy atom. The van der Waals surface area contributed by atoms with Gasteiger partial charge in [0.2, 0.25) is 0 Å². The third-order valence-electron chi connectivity index (χ3n) is 17.4. The molecule has 12 nitrogen and oxygen atoms in total. The average Bonchev–Trinajstić information content (AvgIpc) is 3.72. The highest BCUT2D eigenvalue weighted by atomic mass is 28.4. The molecule has 0 aliphatic carbocycles. The van der Waals surface area contributed by atoms with Gasteiger partial charge in [0.1, 0.15) is 23.7 Å². The highest BCUT2D eigenvalue weighted by molar-refractivity contribution is 6.99. The van der Waals surface area contributed by atoms with Gasteiger partial charge in [0, 0.05) is 24.9 Å². The van der Waals surface area contributed by atoms with Crippen molar-refractivity contribution >= 4 is 36.4 Å². The Morgan fingerprint density at radius 1 is 0.931 bits per heavy atom. The lowest BCUT2D eigenvalue weighted by Gasteiger charge is -2.47. The molecule has 0 bridgehead atoms. The summed E-state index contributed by atoms with van der Waals surface area (Å²) < 4.78 is 26.7. The molecule has 4 aliphatic rings. The molecule has 7 rings (SSSR count). The van der Waals surface area contributed by atoms with E-state index in [1.54, 1.807) is 13.0 Å². The monoisotopic (exact) mass is 1010 g/mol. The zero-order chi connectivity index (χ0) is 52.2. The van der Waals surface area contributed by atoms with Gasteiger partial charge in [-0.25, -0.2) is 9.79 Å². The van der Waals surface area contributed by atoms with Gasteiger partial charge in [-0.1, -0.05) is 135 Å². The first-order valence-corrected chi connectivity index (χ1v) is 29.2. The van der Waals surface area contributed by atoms with Crippen molar-refractivity contribution in [3.8, 4) is 5.75 Å². The molecule has 3 aromatic carbocycles. The summed E-state index contributed by atoms with van der Waals surface area (Å²) in [6.07, 6.45) is 4.90. The molecule has 4 aliphatic heterocycles. The van der Waals surface area contributed by atoms with Crippen LogP contribution in [-0.4, -0.2) is 120 Å². The number of ether oxygens (including phenoxy) is 3. The number of ketones is 1. The van der Waals surface area contributed by atoms with E-state index in [0.717, 1.165) is 44.7 Å². The van der Waals surface area contributed by atoms with E-state index in [0.29, 0.717) is 56.3 Å². The van der Waals surface area contributed by atoms with Crippen molar-refractivity contribution in [3.63, 3.8) is 0 Å². The number of phenols is 1. The number of benzene rings is 3. The van der Waals surface area contributed by atoms with Crippen LogP contribution in [0.4, 0.5) is 0 Å². The number of hydrogen-bond donors (Lipinski definition) is 4. The molecule has 0 spiro atoms. The lowest BCUT2D eigenvalue weighted by molar-refractivity contribution is -0.229. The van der Waals surface area contributed by atoms with Crippen molar-refractivity contribution in [1.82, 2.24) is 10.2 Å². The summed E-state index contributed by atoms with van der Waals surface area (Å²) in [7, 11) is -2.74. The molecule has 4 N–H and O–H groups in total. The van der Waals surface area contributed by atoms with E-state index in [2.05, 4.69) is 105 Å². The maximum absolute atomic E-state index is 14.4. The van der Waals surface area contributed by atoms with Crippen molar-refractivity contribution in [3.05, 3.63) is 89.5 Å². The summed E-state index contributed by atoms with van der Waals surface area (Å²) in [6, 6.07) is 24.8. The average molecular weight is 1010 g/mol. The SMILES string of the molecule is CC[C@@H](C(=O)[C@@H](C)[C@@H](O)[C@H](C)CCc1ccc(C)c(O)c1C(=O)OC[C@@H]1CCN2CC[C@@H](CO[Si](c3ccccc3)(c3ccccc3)C(C)(C)C)N=C2N1)[C@H]1O[C@](CC)([C@H]2CC[C@](O)(CC)[C@H](C)O2)C[C@@H]1C. The Morgan fingerprint density at radius 3 is 2.18 bits per heavy atom. The van der Waals surface area contributed by atoms with Crippen LogP contribution in [-0.2, 0) is 29.9 Å². The van der Waals surface area contributed by atoms with Crippen molar-refractivity contribution < 1.29 is 43.5 Å². The van der Waals surface area contributed by atoms with Gasteiger partial charge in [-0.15, -0.1) is 0 Å². The van der Waals surface area contributed by atoms with Crippen LogP contribution in [0.2, 0.25) is 5.04 Å². The van der Waals surface area contributed by atoms with E-state index in [1.165, 1.54) is 10.4 Å². The van der Waals surface area contributed by atoms with Gasteiger partial charge < -0.3 is 44.2 Å². The summed E-state index contributed by atoms with van der Waals surface area (Å²) in [5, 5.41) is 40.1. The first-order valence-electron chi connectivity index (χ1n) is 27.3. The fourth-order valence-corrected chi connectivity index (χ4v) is 17.2. The first kappa shape index (κ1) is 55.6. The van der Waals surface area contributed by atoms with Crippen LogP contribution in [0.25, 0.3) is 0 Å². The molecule has 0 saturated carbocycles. The van der Waals surface area contributed by atoms with Crippen LogP contribution in [0.3, 0.4) is 0 Å². The lowest BCUT2D eigenvalue weighted by Crippen LogP contribution is -2.67. The number of fused-ring (bicyclic) bond motifs is 1. The Hall–Kier alpha value is -4.11. The Balaban J connectivity index is 0.956. The number of guanidine groups is 1. The Labute approximate surface area is 431 Å². The van der Waals surface area contributed by atoms with E-state index < -0.39 is 43.4 Å². The van der Waals surface area contributed by atoms with Crippen molar-refractivity contribution in [1.29, 1.82) is 0 Å². The van der Waals surface area contributed by atoms with Gasteiger partial charge >= 0.3 is 5.97 Å². The predicted octanol–water partition coefficient (Wildman–Crippen LogP) is 8.67. The molecule has 4 heterocycles. The number of Topliss-reactive ketones (excluding diaryl/α,β-unsaturated/α-hetero) is 1. The minimum Gasteiger partial charge on any atom is -0.507 e. The van der Waals surface area contributed by atoms with Crippen LogP contribution in [0.5, 0.6) is 5.75 Å². The maximum Gasteiger partial charge on any atom is 0.342 e. The fourth-order valence-electron chi connectivity index (χ4n) is 12.6. The number of aliphatic hydroxyl groups excluding tert-OH is 1. The second kappa shape index (κ2) is 23.2. The molecule has 3 fully saturated rings. The Kier molecular flexibility index (Phi) is 17.9. The van der Waals surface area contributed by atoms with E-state index in [4.69, 9.17) is 23.6 Å². The number of carbonyl (C=O) groups is 2. The highest BCUT2D eigenvalue weighted by Crippen LogP contribution is 2.49. The van der Waals surface area contributed by atoms with Crippen molar-refractivity contribution in [2.45, 2.75) is 193 Å². The third kappa shape index (κ3) is 11.4. The standard InChI is InChI=1S/C59H87N3O9Si/c1-12-48(54-40(6)35-59(14-3,71-54)49-29-32-58(67,13-2)42(8)70-49)53(65)41(7)51(63)38(4)25-27-43-28-26-39(5)52(64)50(43)55(66)68-36-44-30-33-62-34-31-45(61-56(62)60-44)37-69-72(57(9,10)11,46-21-17-15-18-22-46)47-23-19-16-20-24-47/h15-24,26,28,38,40-42,44-45,48-49,51,54,63-64,67H,12-14,25,27,29-37H2,1-11H3,(H,60,61)/t38-,40+,41+,42+,44+,45+,48+,49-,51+,54+,58-,59+/m1/s1. The highest BCUT2D eigenvalue weighted by Gasteiger charge is 2.55. The van der Waals surface area contributed by atoms with E-state index >= 15 is 0 Å². The molecule has 12 atom stereocenters. The van der Waals surface area contributed by atoms with Gasteiger partial charge in [0.15, 0.2) is 5.96 Å². The van der Waals surface area contributed by atoms with E-state index in [-0.39, 0.29) is 71.0 Å². The fraction of sp³-hybridized carbons (Fsp3) is 0.644. The van der Waals surface area contributed by atoms with Crippen LogP contribution in [0.1, 0.15) is 149 Å². The van der Waals surface area contributed by atoms with Crippen molar-refractivity contribution in [2.24, 2.45) is 28.7 Å². The lowest BCUT2D eigenvalue weighted by atomic mass is 9.76. The number of nitrogens with one attached hydrogen (secondary N) is 1. The number of carbonyl (C=O) groups excluding carboxylic acids is 2. The number of aryl methyl sites for hydroxylation is 2. The summed E-state index contributed by atoms with van der Waals surface area (Å²) in [5.41, 5.74) is -0.0384. The molecule has 0 amide bonds. The van der Waals surface area contributed by atoms with Crippen LogP contribution in [0, 0.1) is 30.6 Å². The van der Waals surface area contributed by atoms with E-state index in [1.807, 2.05) is 40.7 Å². The number of aromatic hydroxyl groups is 1. The summed E-state index contributed by atoms with van der Waals surface area (Å²) in [5.74, 6) is -1.12. The molecule has 3 saturated heterocycles. The number of aliphatic hydroxyl groups is 2. The largest absolute Gasteiger partial charge is 0.507 e. The Bertz CT molecular complexity index is 2290. The molecule has 72 heavy (non-hydrogen) atoms. The van der Waals surface area contributed by atoms with Gasteiger partial charge in [0.25, 0.3) is 8.32 Å². The van der Waals surface area contributed by atoms with Gasteiger partial charge in [-0.3, -0.25) is 4.79 Å². The third-order valence-corrected chi connectivity index (χ3v) is 22.4. The molecule has 0 radical (unpaired) electrons. The summed E-state index contributed by atoms with van der Waals surface area (Å²) in [6.45, 7) is 24.8. The predicted molar refractivity (Wildman–Crippen MR) is 288 cm³/mol. The second-order valence-electron chi connectivity index (χ2n) is 23.0. The minimum absolute atomic E-state index is 0.00558. The van der Waals surface area contributed by atoms with Crippen LogP contribution < -0.4 is 15.7 Å². The normalized spacial score (nSPS) is 28.5. The zero-order valence-electron chi connectivity index (χ0n) is 45.3. The zero-order valence-corrected chi connectivity index (χ0v) is 46.3. The topological polar surface area (TPSA) is 159 Å². The first-order chi connectivity index (χ1) is 34.2. The maximum atomic E-state index is 14.4. The number of esters is 1. The van der Waals surface area contributed by atoms with Gasteiger partial charge in [0.05, 0.1) is 54.3 Å². The van der Waals surface area contributed by atoms with Crippen LogP contribution >= 0.6 is 0 Å². The number of nitrogens with zero attached hydrogens (tertiary/aromatic N) is 2.